The molecule has 9 heavy (non-hydrogen) atoms. The van der Waals surface area contributed by atoms with E-state index in [0.29, 0.717) is 0 Å². The molecule has 0 amide bonds. The lowest BCUT2D eigenvalue weighted by Crippen LogP contribution is -2.31. The molecular weight excluding hydrogens is 150 g/mol. The molecule has 0 aromatic heterocycles. The van der Waals surface area contributed by atoms with Crippen LogP contribution in [0.3, 0.4) is 0 Å². The van der Waals surface area contributed by atoms with Gasteiger partial charge in [0.2, 0.25) is 0 Å². The van der Waals surface area contributed by atoms with Crippen LogP contribution in [0.1, 0.15) is 20.3 Å². The molecule has 56 valence electrons. The number of hydrogen-bond donors (Lipinski definition) is 3. The van der Waals surface area contributed by atoms with E-state index in [-0.39, 0.29) is 4.75 Å². The van der Waals surface area contributed by atoms with Gasteiger partial charge in [-0.1, -0.05) is 6.92 Å². The van der Waals surface area contributed by atoms with E-state index >= 15 is 0 Å². The lowest BCUT2D eigenvalue weighted by atomic mass is 10.1. The minimum absolute atomic E-state index is 0.128. The van der Waals surface area contributed by atoms with Crippen LogP contribution >= 0.6 is 25.3 Å². The van der Waals surface area contributed by atoms with E-state index in [2.05, 4.69) is 44.4 Å². The van der Waals surface area contributed by atoms with Crippen LogP contribution in [0, 0.1) is 0 Å². The van der Waals surface area contributed by atoms with Gasteiger partial charge in [0.15, 0.2) is 0 Å². The van der Waals surface area contributed by atoms with Crippen molar-refractivity contribution in [3.05, 3.63) is 0 Å². The predicted octanol–water partition coefficient (Wildman–Crippen LogP) is 1.56. The fraction of sp³-hybridized carbons (Fsp3) is 1.00. The number of thiol groups is 2. The summed E-state index contributed by atoms with van der Waals surface area (Å²) in [7, 11) is 0. The highest BCUT2D eigenvalue weighted by Gasteiger charge is 2.14. The summed E-state index contributed by atoms with van der Waals surface area (Å²) in [6.07, 6.45) is 1.08. The Morgan fingerprint density at radius 1 is 1.56 bits per heavy atom. The maximum Gasteiger partial charge on any atom is 0.0387 e. The van der Waals surface area contributed by atoms with Crippen LogP contribution in [0.4, 0.5) is 0 Å². The van der Waals surface area contributed by atoms with Crippen molar-refractivity contribution in [2.75, 3.05) is 12.4 Å². The molecule has 0 aliphatic carbocycles. The molecule has 0 heterocycles. The summed E-state index contributed by atoms with van der Waals surface area (Å²) in [5.74, 6) is 0.732. The van der Waals surface area contributed by atoms with Crippen molar-refractivity contribution in [1.29, 1.82) is 0 Å². The van der Waals surface area contributed by atoms with Crippen LogP contribution in [-0.4, -0.2) is 17.2 Å². The van der Waals surface area contributed by atoms with Gasteiger partial charge in [0.1, 0.15) is 0 Å². The number of rotatable bonds is 4. The van der Waals surface area contributed by atoms with Gasteiger partial charge in [0, 0.05) is 17.2 Å². The minimum atomic E-state index is 0.128. The van der Waals surface area contributed by atoms with Crippen molar-refractivity contribution in [1.82, 2.24) is 5.32 Å². The van der Waals surface area contributed by atoms with E-state index < -0.39 is 0 Å². The highest BCUT2D eigenvalue weighted by Crippen LogP contribution is 2.15. The number of nitrogens with one attached hydrogen (secondary N) is 1. The third-order valence-electron chi connectivity index (χ3n) is 1.38. The van der Waals surface area contributed by atoms with Gasteiger partial charge >= 0.3 is 0 Å². The SMILES string of the molecule is CCC(C)(S)CNCS. The van der Waals surface area contributed by atoms with Crippen LogP contribution in [0.5, 0.6) is 0 Å². The fourth-order valence-corrected chi connectivity index (χ4v) is 0.674. The third kappa shape index (κ3) is 5.12. The lowest BCUT2D eigenvalue weighted by Gasteiger charge is -2.20. The summed E-state index contributed by atoms with van der Waals surface area (Å²) in [5, 5.41) is 3.13. The van der Waals surface area contributed by atoms with E-state index in [4.69, 9.17) is 0 Å². The quantitative estimate of drug-likeness (QED) is 0.424. The zero-order valence-corrected chi connectivity index (χ0v) is 7.80. The molecule has 0 aliphatic rings. The van der Waals surface area contributed by atoms with Gasteiger partial charge in [0.25, 0.3) is 0 Å². The zero-order valence-electron chi connectivity index (χ0n) is 6.02. The topological polar surface area (TPSA) is 12.0 Å². The van der Waals surface area contributed by atoms with Crippen molar-refractivity contribution < 1.29 is 0 Å². The van der Waals surface area contributed by atoms with E-state index in [1.165, 1.54) is 0 Å². The van der Waals surface area contributed by atoms with Gasteiger partial charge in [-0.05, 0) is 13.3 Å². The van der Waals surface area contributed by atoms with E-state index in [1.54, 1.807) is 0 Å². The van der Waals surface area contributed by atoms with Gasteiger partial charge in [0.05, 0.1) is 0 Å². The molecule has 0 aromatic carbocycles. The average molecular weight is 165 g/mol. The van der Waals surface area contributed by atoms with Gasteiger partial charge in [-0.2, -0.15) is 25.3 Å². The molecule has 1 unspecified atom stereocenters. The maximum atomic E-state index is 4.42. The first-order chi connectivity index (χ1) is 4.12. The Kier molecular flexibility index (Phi) is 4.80. The summed E-state index contributed by atoms with van der Waals surface area (Å²) < 4.78 is 0.128. The van der Waals surface area contributed by atoms with Crippen LogP contribution < -0.4 is 5.32 Å². The molecule has 0 bridgehead atoms. The van der Waals surface area contributed by atoms with Crippen LogP contribution in [0.15, 0.2) is 0 Å². The summed E-state index contributed by atoms with van der Waals surface area (Å²) in [6, 6.07) is 0. The fourth-order valence-electron chi connectivity index (χ4n) is 0.450. The Morgan fingerprint density at radius 3 is 2.44 bits per heavy atom. The Morgan fingerprint density at radius 2 is 2.11 bits per heavy atom. The van der Waals surface area contributed by atoms with Crippen molar-refractivity contribution in [2.24, 2.45) is 0 Å². The summed E-state index contributed by atoms with van der Waals surface area (Å²) in [5.41, 5.74) is 0. The highest BCUT2D eigenvalue weighted by atomic mass is 32.1. The largest absolute Gasteiger partial charge is 0.307 e. The Labute approximate surface area is 68.4 Å². The standard InChI is InChI=1S/C6H15NS2/c1-3-6(2,9)4-7-5-8/h7-9H,3-5H2,1-2H3. The molecule has 0 aliphatic heterocycles. The first-order valence-electron chi connectivity index (χ1n) is 3.16. The molecule has 0 fully saturated rings. The summed E-state index contributed by atoms with van der Waals surface area (Å²) in [6.45, 7) is 5.18. The maximum absolute atomic E-state index is 4.42. The molecule has 0 rings (SSSR count). The van der Waals surface area contributed by atoms with Crippen molar-refractivity contribution >= 4 is 25.3 Å². The third-order valence-corrected chi connectivity index (χ3v) is 2.08. The Bertz CT molecular complexity index is 73.5. The predicted molar refractivity (Wildman–Crippen MR) is 49.5 cm³/mol. The highest BCUT2D eigenvalue weighted by molar-refractivity contribution is 7.81. The van der Waals surface area contributed by atoms with Gasteiger partial charge < -0.3 is 5.32 Å². The molecular formula is C6H15NS2. The smallest absolute Gasteiger partial charge is 0.0387 e. The zero-order chi connectivity index (χ0) is 7.33. The van der Waals surface area contributed by atoms with Crippen LogP contribution in [0.25, 0.3) is 0 Å². The monoisotopic (exact) mass is 165 g/mol. The van der Waals surface area contributed by atoms with Gasteiger partial charge in [-0.3, -0.25) is 0 Å². The Hall–Kier alpha value is 0.660. The molecule has 0 saturated carbocycles. The van der Waals surface area contributed by atoms with Gasteiger partial charge in [-0.15, -0.1) is 0 Å². The minimum Gasteiger partial charge on any atom is -0.307 e. The second-order valence-electron chi connectivity index (χ2n) is 2.44. The normalized spacial score (nSPS) is 17.3. The second kappa shape index (κ2) is 4.47. The van der Waals surface area contributed by atoms with Crippen LogP contribution in [0.2, 0.25) is 0 Å². The first kappa shape index (κ1) is 9.66. The molecule has 1 nitrogen and oxygen atoms in total. The van der Waals surface area contributed by atoms with Crippen LogP contribution in [-0.2, 0) is 0 Å². The molecule has 1 N–H and O–H groups in total. The Balaban J connectivity index is 3.33. The van der Waals surface area contributed by atoms with Crippen molar-refractivity contribution in [2.45, 2.75) is 25.0 Å². The molecule has 0 aromatic rings. The second-order valence-corrected chi connectivity index (χ2v) is 3.83. The molecule has 0 radical (unpaired) electrons. The molecule has 0 spiro atoms. The molecule has 3 heteroatoms. The summed E-state index contributed by atoms with van der Waals surface area (Å²) >= 11 is 8.45. The number of hydrogen-bond acceptors (Lipinski definition) is 3. The first-order valence-corrected chi connectivity index (χ1v) is 4.24. The van der Waals surface area contributed by atoms with Crippen molar-refractivity contribution in [3.8, 4) is 0 Å². The van der Waals surface area contributed by atoms with E-state index in [1.807, 2.05) is 0 Å². The van der Waals surface area contributed by atoms with Crippen molar-refractivity contribution in [3.63, 3.8) is 0 Å². The summed E-state index contributed by atoms with van der Waals surface area (Å²) in [4.78, 5) is 0. The molecule has 0 saturated heterocycles. The van der Waals surface area contributed by atoms with Gasteiger partial charge in [-0.25, -0.2) is 0 Å². The average Bonchev–Trinajstić information content (AvgIpc) is 1.84. The molecule has 1 atom stereocenters. The van der Waals surface area contributed by atoms with E-state index in [0.717, 1.165) is 18.8 Å². The van der Waals surface area contributed by atoms with E-state index in [9.17, 15) is 0 Å². The lowest BCUT2D eigenvalue weighted by molar-refractivity contribution is 0.576.